The van der Waals surface area contributed by atoms with Crippen molar-refractivity contribution in [2.24, 2.45) is 0 Å². The van der Waals surface area contributed by atoms with Crippen molar-refractivity contribution in [2.45, 2.75) is 0 Å². The predicted molar refractivity (Wildman–Crippen MR) is 76.0 cm³/mol. The van der Waals surface area contributed by atoms with Gasteiger partial charge in [-0.05, 0) is 24.3 Å². The van der Waals surface area contributed by atoms with Crippen LogP contribution in [0.2, 0.25) is 0 Å². The minimum absolute atomic E-state index is 0.214. The van der Waals surface area contributed by atoms with E-state index in [0.717, 1.165) is 0 Å². The molecule has 0 bridgehead atoms. The second kappa shape index (κ2) is 6.96. The molecule has 0 N–H and O–H groups in total. The average molecular weight is 324 g/mol. The zero-order chi connectivity index (χ0) is 16.8. The Morgan fingerprint density at radius 1 is 0.708 bits per heavy atom. The number of rotatable bonds is 4. The van der Waals surface area contributed by atoms with Gasteiger partial charge in [0.25, 0.3) is 11.6 Å². The molecule has 118 valence electrons. The number of carbonyl (C=O) groups is 2. The maximum Gasteiger partial charge on any atom is 0.385 e. The highest BCUT2D eigenvalue weighted by Crippen LogP contribution is 2.09. The lowest BCUT2D eigenvalue weighted by Gasteiger charge is -2.02. The Morgan fingerprint density at radius 3 is 1.46 bits per heavy atom. The SMILES string of the molecule is O=C(Oc1cccnc1)c1nnc(C(=O)Oc2cccnc2)nn1. The third-order valence-corrected chi connectivity index (χ3v) is 2.53. The first kappa shape index (κ1) is 15.1. The molecule has 3 aromatic heterocycles. The lowest BCUT2D eigenvalue weighted by atomic mass is 10.4. The van der Waals surface area contributed by atoms with Gasteiger partial charge in [-0.1, -0.05) is 0 Å². The van der Waals surface area contributed by atoms with Crippen molar-refractivity contribution in [1.82, 2.24) is 30.4 Å². The van der Waals surface area contributed by atoms with E-state index in [1.807, 2.05) is 0 Å². The number of aromatic nitrogens is 6. The van der Waals surface area contributed by atoms with Gasteiger partial charge in [-0.2, -0.15) is 0 Å². The molecule has 3 rings (SSSR count). The average Bonchev–Trinajstić information content (AvgIpc) is 2.63. The number of ether oxygens (including phenoxy) is 2. The Bertz CT molecular complexity index is 770. The first-order chi connectivity index (χ1) is 11.7. The summed E-state index contributed by atoms with van der Waals surface area (Å²) in [5.74, 6) is -2.14. The first-order valence-electron chi connectivity index (χ1n) is 6.54. The van der Waals surface area contributed by atoms with Crippen molar-refractivity contribution in [3.8, 4) is 11.5 Å². The fraction of sp³-hybridized carbons (Fsp3) is 0. The smallest absolute Gasteiger partial charge is 0.385 e. The van der Waals surface area contributed by atoms with Crippen LogP contribution in [-0.2, 0) is 0 Å². The normalized spacial score (nSPS) is 10.0. The molecule has 0 atom stereocenters. The van der Waals surface area contributed by atoms with Crippen molar-refractivity contribution in [3.05, 3.63) is 60.7 Å². The molecule has 0 aliphatic heterocycles. The van der Waals surface area contributed by atoms with Gasteiger partial charge in [0.15, 0.2) is 0 Å². The Hall–Kier alpha value is -3.82. The fourth-order valence-corrected chi connectivity index (χ4v) is 1.51. The van der Waals surface area contributed by atoms with Gasteiger partial charge in [-0.3, -0.25) is 9.97 Å². The Kier molecular flexibility index (Phi) is 4.38. The summed E-state index contributed by atoms with van der Waals surface area (Å²) in [5.41, 5.74) is 0. The van der Waals surface area contributed by atoms with E-state index in [4.69, 9.17) is 9.47 Å². The lowest BCUT2D eigenvalue weighted by Crippen LogP contribution is -2.20. The monoisotopic (exact) mass is 324 g/mol. The van der Waals surface area contributed by atoms with Crippen LogP contribution in [0, 0.1) is 0 Å². The van der Waals surface area contributed by atoms with Crippen LogP contribution in [0.5, 0.6) is 11.5 Å². The van der Waals surface area contributed by atoms with Crippen LogP contribution in [0.25, 0.3) is 0 Å². The molecule has 0 aliphatic rings. The van der Waals surface area contributed by atoms with Crippen molar-refractivity contribution in [1.29, 1.82) is 0 Å². The fourth-order valence-electron chi connectivity index (χ4n) is 1.51. The number of hydrogen-bond acceptors (Lipinski definition) is 10. The highest BCUT2D eigenvalue weighted by molar-refractivity contribution is 5.88. The second-order valence-corrected chi connectivity index (χ2v) is 4.20. The zero-order valence-corrected chi connectivity index (χ0v) is 11.9. The molecular formula is C14H8N6O4. The van der Waals surface area contributed by atoms with E-state index >= 15 is 0 Å². The minimum atomic E-state index is -0.879. The molecule has 0 spiro atoms. The third-order valence-electron chi connectivity index (χ3n) is 2.53. The summed E-state index contributed by atoms with van der Waals surface area (Å²) in [6, 6.07) is 6.26. The highest BCUT2D eigenvalue weighted by atomic mass is 16.5. The predicted octanol–water partition coefficient (Wildman–Crippen LogP) is 0.495. The van der Waals surface area contributed by atoms with Crippen molar-refractivity contribution < 1.29 is 19.1 Å². The van der Waals surface area contributed by atoms with Crippen LogP contribution in [0.3, 0.4) is 0 Å². The molecule has 10 heteroatoms. The number of nitrogens with zero attached hydrogens (tertiary/aromatic N) is 6. The summed E-state index contributed by atoms with van der Waals surface area (Å²) in [7, 11) is 0. The van der Waals surface area contributed by atoms with Crippen molar-refractivity contribution in [2.75, 3.05) is 0 Å². The van der Waals surface area contributed by atoms with E-state index in [9.17, 15) is 9.59 Å². The largest absolute Gasteiger partial charge is 0.419 e. The second-order valence-electron chi connectivity index (χ2n) is 4.20. The molecule has 24 heavy (non-hydrogen) atoms. The maximum atomic E-state index is 11.8. The summed E-state index contributed by atoms with van der Waals surface area (Å²) >= 11 is 0. The molecule has 0 saturated heterocycles. The van der Waals surface area contributed by atoms with Gasteiger partial charge >= 0.3 is 11.9 Å². The highest BCUT2D eigenvalue weighted by Gasteiger charge is 2.18. The van der Waals surface area contributed by atoms with Crippen molar-refractivity contribution >= 4 is 11.9 Å². The summed E-state index contributed by atoms with van der Waals surface area (Å²) in [5, 5.41) is 14.0. The Labute approximate surface area is 134 Å². The van der Waals surface area contributed by atoms with Crippen LogP contribution in [-0.4, -0.2) is 42.3 Å². The van der Waals surface area contributed by atoms with Crippen molar-refractivity contribution in [3.63, 3.8) is 0 Å². The van der Waals surface area contributed by atoms with Gasteiger partial charge in [-0.15, -0.1) is 20.4 Å². The van der Waals surface area contributed by atoms with Gasteiger partial charge in [0.2, 0.25) is 0 Å². The first-order valence-corrected chi connectivity index (χ1v) is 6.54. The van der Waals surface area contributed by atoms with E-state index in [0.29, 0.717) is 0 Å². The quantitative estimate of drug-likeness (QED) is 0.625. The van der Waals surface area contributed by atoms with Gasteiger partial charge in [0.1, 0.15) is 11.5 Å². The van der Waals surface area contributed by atoms with Gasteiger partial charge < -0.3 is 9.47 Å². The maximum absolute atomic E-state index is 11.8. The minimum Gasteiger partial charge on any atom is -0.419 e. The van der Waals surface area contributed by atoms with E-state index in [2.05, 4.69) is 30.4 Å². The number of carbonyl (C=O) groups excluding carboxylic acids is 2. The van der Waals surface area contributed by atoms with Crippen LogP contribution in [0.4, 0.5) is 0 Å². The summed E-state index contributed by atoms with van der Waals surface area (Å²) < 4.78 is 9.93. The molecule has 3 heterocycles. The number of pyridine rings is 2. The number of esters is 2. The van der Waals surface area contributed by atoms with E-state index in [1.54, 1.807) is 12.1 Å². The molecular weight excluding hydrogens is 316 g/mol. The van der Waals surface area contributed by atoms with Crippen LogP contribution in [0.15, 0.2) is 49.1 Å². The Balaban J connectivity index is 1.66. The molecule has 0 amide bonds. The van der Waals surface area contributed by atoms with Crippen LogP contribution < -0.4 is 9.47 Å². The molecule has 0 aliphatic carbocycles. The lowest BCUT2D eigenvalue weighted by molar-refractivity contribution is 0.0693. The molecule has 0 fully saturated rings. The third kappa shape index (κ3) is 3.68. The summed E-state index contributed by atoms with van der Waals surface area (Å²) in [4.78, 5) is 31.2. The molecule has 3 aromatic rings. The summed E-state index contributed by atoms with van der Waals surface area (Å²) in [6.07, 6.45) is 5.75. The number of hydrogen-bond donors (Lipinski definition) is 0. The van der Waals surface area contributed by atoms with Gasteiger partial charge in [0.05, 0.1) is 12.4 Å². The van der Waals surface area contributed by atoms with Crippen LogP contribution in [0.1, 0.15) is 21.2 Å². The summed E-state index contributed by atoms with van der Waals surface area (Å²) in [6.45, 7) is 0. The Morgan fingerprint density at radius 2 is 1.12 bits per heavy atom. The standard InChI is InChI=1S/C14H8N6O4/c21-13(23-9-3-1-5-15-7-9)11-17-19-12(20-18-11)14(22)24-10-4-2-6-16-8-10/h1-8H. The molecule has 0 radical (unpaired) electrons. The molecule has 0 unspecified atom stereocenters. The van der Waals surface area contributed by atoms with Crippen LogP contribution >= 0.6 is 0 Å². The molecule has 0 aromatic carbocycles. The molecule has 0 saturated carbocycles. The van der Waals surface area contributed by atoms with E-state index in [1.165, 1.54) is 36.9 Å². The van der Waals surface area contributed by atoms with E-state index in [-0.39, 0.29) is 11.5 Å². The van der Waals surface area contributed by atoms with Gasteiger partial charge in [-0.25, -0.2) is 9.59 Å². The topological polar surface area (TPSA) is 130 Å². The van der Waals surface area contributed by atoms with E-state index < -0.39 is 23.6 Å². The zero-order valence-electron chi connectivity index (χ0n) is 11.9. The molecule has 10 nitrogen and oxygen atoms in total. The van der Waals surface area contributed by atoms with Gasteiger partial charge in [0, 0.05) is 12.4 Å².